The second kappa shape index (κ2) is 7.07. The molecule has 2 fully saturated rings. The highest BCUT2D eigenvalue weighted by atomic mass is 16.2. The van der Waals surface area contributed by atoms with Crippen molar-refractivity contribution >= 4 is 11.8 Å². The molecule has 1 N–H and O–H groups in total. The standard InChI is InChI=1S/C15H27N3O2/c1-17(2)15(20)13-5-9-18(10-6-13)14(19)11-12-3-7-16-8-4-12/h12-13,16H,3-11H2,1-2H3. The van der Waals surface area contributed by atoms with E-state index >= 15 is 0 Å². The lowest BCUT2D eigenvalue weighted by Gasteiger charge is -2.33. The van der Waals surface area contributed by atoms with Gasteiger partial charge in [0.05, 0.1) is 0 Å². The van der Waals surface area contributed by atoms with Crippen LogP contribution >= 0.6 is 0 Å². The lowest BCUT2D eigenvalue weighted by atomic mass is 9.92. The fourth-order valence-electron chi connectivity index (χ4n) is 3.20. The van der Waals surface area contributed by atoms with Crippen LogP contribution in [-0.2, 0) is 9.59 Å². The predicted molar refractivity (Wildman–Crippen MR) is 78.2 cm³/mol. The summed E-state index contributed by atoms with van der Waals surface area (Å²) in [5.41, 5.74) is 0. The summed E-state index contributed by atoms with van der Waals surface area (Å²) in [5, 5.41) is 3.33. The highest BCUT2D eigenvalue weighted by Gasteiger charge is 2.29. The molecule has 20 heavy (non-hydrogen) atoms. The van der Waals surface area contributed by atoms with Gasteiger partial charge in [0.25, 0.3) is 0 Å². The topological polar surface area (TPSA) is 52.7 Å². The van der Waals surface area contributed by atoms with Crippen LogP contribution < -0.4 is 5.32 Å². The zero-order valence-electron chi connectivity index (χ0n) is 12.7. The number of likely N-dealkylation sites (tertiary alicyclic amines) is 1. The Morgan fingerprint density at radius 2 is 1.70 bits per heavy atom. The van der Waals surface area contributed by atoms with E-state index in [9.17, 15) is 9.59 Å². The highest BCUT2D eigenvalue weighted by molar-refractivity contribution is 5.80. The molecule has 0 saturated carbocycles. The third kappa shape index (κ3) is 3.95. The summed E-state index contributed by atoms with van der Waals surface area (Å²) in [6.07, 6.45) is 4.54. The summed E-state index contributed by atoms with van der Waals surface area (Å²) >= 11 is 0. The van der Waals surface area contributed by atoms with Gasteiger partial charge in [0.2, 0.25) is 11.8 Å². The van der Waals surface area contributed by atoms with Crippen LogP contribution in [0.2, 0.25) is 0 Å². The predicted octanol–water partition coefficient (Wildman–Crippen LogP) is 0.703. The minimum Gasteiger partial charge on any atom is -0.349 e. The zero-order chi connectivity index (χ0) is 14.5. The highest BCUT2D eigenvalue weighted by Crippen LogP contribution is 2.22. The van der Waals surface area contributed by atoms with Crippen LogP contribution in [-0.4, -0.2) is 61.9 Å². The molecule has 0 radical (unpaired) electrons. The van der Waals surface area contributed by atoms with Gasteiger partial charge in [-0.05, 0) is 44.7 Å². The smallest absolute Gasteiger partial charge is 0.225 e. The van der Waals surface area contributed by atoms with Crippen molar-refractivity contribution in [2.75, 3.05) is 40.3 Å². The molecule has 0 aromatic rings. The molecule has 2 heterocycles. The minimum atomic E-state index is 0.105. The Kier molecular flexibility index (Phi) is 5.40. The van der Waals surface area contributed by atoms with Gasteiger partial charge in [-0.25, -0.2) is 0 Å². The maximum Gasteiger partial charge on any atom is 0.225 e. The van der Waals surface area contributed by atoms with Crippen molar-refractivity contribution in [1.29, 1.82) is 0 Å². The summed E-state index contributed by atoms with van der Waals surface area (Å²) in [6.45, 7) is 3.57. The molecule has 0 aromatic heterocycles. The van der Waals surface area contributed by atoms with Gasteiger partial charge in [0, 0.05) is 39.5 Å². The molecule has 2 saturated heterocycles. The van der Waals surface area contributed by atoms with Gasteiger partial charge < -0.3 is 15.1 Å². The molecule has 0 unspecified atom stereocenters. The van der Waals surface area contributed by atoms with Crippen molar-refractivity contribution in [3.63, 3.8) is 0 Å². The van der Waals surface area contributed by atoms with Crippen LogP contribution in [0.4, 0.5) is 0 Å². The number of amides is 2. The molecule has 2 amide bonds. The Bertz CT molecular complexity index is 343. The monoisotopic (exact) mass is 281 g/mol. The van der Waals surface area contributed by atoms with E-state index < -0.39 is 0 Å². The molecule has 0 spiro atoms. The molecule has 0 aliphatic carbocycles. The summed E-state index contributed by atoms with van der Waals surface area (Å²) < 4.78 is 0. The number of piperidine rings is 2. The molecule has 2 rings (SSSR count). The lowest BCUT2D eigenvalue weighted by Crippen LogP contribution is -2.43. The first-order chi connectivity index (χ1) is 9.58. The van der Waals surface area contributed by atoms with Crippen LogP contribution in [0.5, 0.6) is 0 Å². The van der Waals surface area contributed by atoms with E-state index in [0.717, 1.165) is 51.9 Å². The Morgan fingerprint density at radius 3 is 2.25 bits per heavy atom. The van der Waals surface area contributed by atoms with E-state index in [-0.39, 0.29) is 17.7 Å². The van der Waals surface area contributed by atoms with Gasteiger partial charge in [-0.3, -0.25) is 9.59 Å². The number of rotatable bonds is 3. The molecular formula is C15H27N3O2. The second-order valence-corrected chi connectivity index (χ2v) is 6.29. The van der Waals surface area contributed by atoms with Crippen LogP contribution in [0.1, 0.15) is 32.1 Å². The van der Waals surface area contributed by atoms with Crippen LogP contribution in [0, 0.1) is 11.8 Å². The SMILES string of the molecule is CN(C)C(=O)C1CCN(C(=O)CC2CCNCC2)CC1. The molecule has 2 aliphatic rings. The summed E-state index contributed by atoms with van der Waals surface area (Å²) in [7, 11) is 3.61. The van der Waals surface area contributed by atoms with Crippen molar-refractivity contribution < 1.29 is 9.59 Å². The van der Waals surface area contributed by atoms with Crippen molar-refractivity contribution in [3.05, 3.63) is 0 Å². The van der Waals surface area contributed by atoms with Gasteiger partial charge in [-0.15, -0.1) is 0 Å². The molecule has 0 atom stereocenters. The molecule has 2 aliphatic heterocycles. The summed E-state index contributed by atoms with van der Waals surface area (Å²) in [4.78, 5) is 27.8. The van der Waals surface area contributed by atoms with Crippen LogP contribution in [0.25, 0.3) is 0 Å². The largest absolute Gasteiger partial charge is 0.349 e. The fraction of sp³-hybridized carbons (Fsp3) is 0.867. The Hall–Kier alpha value is -1.10. The minimum absolute atomic E-state index is 0.105. The number of hydrogen-bond acceptors (Lipinski definition) is 3. The quantitative estimate of drug-likeness (QED) is 0.828. The van der Waals surface area contributed by atoms with Gasteiger partial charge >= 0.3 is 0 Å². The summed E-state index contributed by atoms with van der Waals surface area (Å²) in [6, 6.07) is 0. The van der Waals surface area contributed by atoms with Crippen LogP contribution in [0.3, 0.4) is 0 Å². The first kappa shape index (κ1) is 15.3. The van der Waals surface area contributed by atoms with E-state index in [1.165, 1.54) is 0 Å². The normalized spacial score (nSPS) is 21.8. The number of nitrogens with zero attached hydrogens (tertiary/aromatic N) is 2. The lowest BCUT2D eigenvalue weighted by molar-refractivity contribution is -0.139. The Labute approximate surface area is 121 Å². The van der Waals surface area contributed by atoms with E-state index in [1.807, 2.05) is 4.90 Å². The molecule has 0 bridgehead atoms. The van der Waals surface area contributed by atoms with Crippen LogP contribution in [0.15, 0.2) is 0 Å². The number of carbonyl (C=O) groups is 2. The fourth-order valence-corrected chi connectivity index (χ4v) is 3.20. The van der Waals surface area contributed by atoms with E-state index in [0.29, 0.717) is 12.3 Å². The molecular weight excluding hydrogens is 254 g/mol. The van der Waals surface area contributed by atoms with Crippen molar-refractivity contribution in [3.8, 4) is 0 Å². The average Bonchev–Trinajstić information content (AvgIpc) is 2.47. The first-order valence-electron chi connectivity index (χ1n) is 7.77. The van der Waals surface area contributed by atoms with Gasteiger partial charge in [-0.2, -0.15) is 0 Å². The Balaban J connectivity index is 1.75. The van der Waals surface area contributed by atoms with E-state index in [4.69, 9.17) is 0 Å². The second-order valence-electron chi connectivity index (χ2n) is 6.29. The maximum absolute atomic E-state index is 12.3. The number of carbonyl (C=O) groups excluding carboxylic acids is 2. The zero-order valence-corrected chi connectivity index (χ0v) is 12.7. The van der Waals surface area contributed by atoms with E-state index in [2.05, 4.69) is 5.32 Å². The van der Waals surface area contributed by atoms with Crippen molar-refractivity contribution in [1.82, 2.24) is 15.1 Å². The van der Waals surface area contributed by atoms with Gasteiger partial charge in [0.15, 0.2) is 0 Å². The van der Waals surface area contributed by atoms with Crippen molar-refractivity contribution in [2.24, 2.45) is 11.8 Å². The maximum atomic E-state index is 12.3. The number of hydrogen-bond donors (Lipinski definition) is 1. The molecule has 0 aromatic carbocycles. The first-order valence-corrected chi connectivity index (χ1v) is 7.77. The number of nitrogens with one attached hydrogen (secondary N) is 1. The Morgan fingerprint density at radius 1 is 1.10 bits per heavy atom. The molecule has 5 nitrogen and oxygen atoms in total. The van der Waals surface area contributed by atoms with Crippen molar-refractivity contribution in [2.45, 2.75) is 32.1 Å². The third-order valence-corrected chi connectivity index (χ3v) is 4.56. The molecule has 5 heteroatoms. The van der Waals surface area contributed by atoms with Gasteiger partial charge in [-0.1, -0.05) is 0 Å². The van der Waals surface area contributed by atoms with E-state index in [1.54, 1.807) is 19.0 Å². The summed E-state index contributed by atoms with van der Waals surface area (Å²) in [5.74, 6) is 1.14. The average molecular weight is 281 g/mol. The van der Waals surface area contributed by atoms with Gasteiger partial charge in [0.1, 0.15) is 0 Å². The molecule has 114 valence electrons. The third-order valence-electron chi connectivity index (χ3n) is 4.56.